The van der Waals surface area contributed by atoms with Crippen molar-refractivity contribution in [2.24, 2.45) is 0 Å². The van der Waals surface area contributed by atoms with E-state index in [4.69, 9.17) is 0 Å². The van der Waals surface area contributed by atoms with E-state index in [-0.39, 0.29) is 5.82 Å². The third-order valence-corrected chi connectivity index (χ3v) is 4.80. The van der Waals surface area contributed by atoms with E-state index in [2.05, 4.69) is 38.5 Å². The number of thiophene rings is 1. The topological polar surface area (TPSA) is 20.2 Å². The molecule has 0 fully saturated rings. The summed E-state index contributed by atoms with van der Waals surface area (Å²) in [5.74, 6) is -0.284. The highest BCUT2D eigenvalue weighted by Crippen LogP contribution is 2.26. The molecule has 0 aliphatic heterocycles. The van der Waals surface area contributed by atoms with Crippen molar-refractivity contribution >= 4 is 49.9 Å². The van der Waals surface area contributed by atoms with Crippen LogP contribution in [0.5, 0.6) is 0 Å². The van der Waals surface area contributed by atoms with Crippen molar-refractivity contribution in [3.63, 3.8) is 0 Å². The van der Waals surface area contributed by atoms with E-state index in [1.807, 2.05) is 11.4 Å². The molecule has 1 nitrogen and oxygen atoms in total. The summed E-state index contributed by atoms with van der Waals surface area (Å²) in [5, 5.41) is 12.0. The summed E-state index contributed by atoms with van der Waals surface area (Å²) in [5.41, 5.74) is 1.83. The molecule has 17 heavy (non-hydrogen) atoms. The van der Waals surface area contributed by atoms with Gasteiger partial charge in [-0.3, -0.25) is 0 Å². The number of halogens is 3. The van der Waals surface area contributed by atoms with Crippen LogP contribution >= 0.6 is 49.9 Å². The van der Waals surface area contributed by atoms with Crippen molar-refractivity contribution in [2.75, 3.05) is 0 Å². The van der Waals surface area contributed by atoms with Crippen molar-refractivity contribution in [3.05, 3.63) is 53.9 Å². The van der Waals surface area contributed by atoms with E-state index in [9.17, 15) is 9.50 Å². The van der Waals surface area contributed by atoms with Crippen molar-refractivity contribution < 1.29 is 9.50 Å². The normalized spacial score (nSPS) is 12.7. The smallest absolute Gasteiger partial charge is 0.137 e. The molecule has 1 heterocycles. The molecule has 90 valence electrons. The number of hydrogen-bond donors (Lipinski definition) is 1. The van der Waals surface area contributed by atoms with Crippen molar-refractivity contribution in [1.82, 2.24) is 0 Å². The number of rotatable bonds is 3. The van der Waals surface area contributed by atoms with Crippen LogP contribution in [-0.4, -0.2) is 5.11 Å². The van der Waals surface area contributed by atoms with Crippen molar-refractivity contribution in [3.8, 4) is 0 Å². The molecule has 1 unspecified atom stereocenters. The number of hydrogen-bond acceptors (Lipinski definition) is 2. The van der Waals surface area contributed by atoms with E-state index >= 15 is 0 Å². The van der Waals surface area contributed by atoms with Gasteiger partial charge < -0.3 is 5.11 Å². The minimum atomic E-state index is -0.535. The van der Waals surface area contributed by atoms with E-state index in [1.165, 1.54) is 6.07 Å². The summed E-state index contributed by atoms with van der Waals surface area (Å²) in [6, 6.07) is 6.77. The number of aliphatic hydroxyl groups excluding tert-OH is 1. The lowest BCUT2D eigenvalue weighted by molar-refractivity contribution is 0.179. The molecule has 1 N–H and O–H groups in total. The molecule has 0 aliphatic carbocycles. The Labute approximate surface area is 125 Å². The molecule has 1 aromatic carbocycles. The Morgan fingerprint density at radius 1 is 1.41 bits per heavy atom. The van der Waals surface area contributed by atoms with Crippen LogP contribution in [0.15, 0.2) is 34.1 Å². The van der Waals surface area contributed by atoms with Gasteiger partial charge in [-0.05, 0) is 73.2 Å². The average Bonchev–Trinajstić information content (AvgIpc) is 2.70. The van der Waals surface area contributed by atoms with Crippen LogP contribution in [0.25, 0.3) is 0 Å². The molecule has 0 radical (unpaired) electrons. The predicted molar refractivity (Wildman–Crippen MR) is 79.8 cm³/mol. The Morgan fingerprint density at radius 3 is 2.76 bits per heavy atom. The van der Waals surface area contributed by atoms with Crippen LogP contribution < -0.4 is 0 Å². The number of aliphatic hydroxyl groups is 1. The quantitative estimate of drug-likeness (QED) is 0.715. The van der Waals surface area contributed by atoms with Gasteiger partial charge in [-0.1, -0.05) is 6.07 Å². The molecule has 0 spiro atoms. The molecule has 0 bridgehead atoms. The minimum Gasteiger partial charge on any atom is -0.388 e. The van der Waals surface area contributed by atoms with Gasteiger partial charge in [0.1, 0.15) is 5.82 Å². The molecule has 1 atom stereocenters. The zero-order chi connectivity index (χ0) is 12.4. The van der Waals surface area contributed by atoms with Crippen molar-refractivity contribution in [2.45, 2.75) is 12.5 Å². The molecule has 1 aromatic heterocycles. The van der Waals surface area contributed by atoms with Crippen molar-refractivity contribution in [1.29, 1.82) is 0 Å². The van der Waals surface area contributed by atoms with E-state index in [0.717, 1.165) is 14.0 Å². The van der Waals surface area contributed by atoms with E-state index < -0.39 is 6.10 Å². The van der Waals surface area contributed by atoms with Crippen LogP contribution in [0, 0.1) is 8.70 Å². The van der Waals surface area contributed by atoms with E-state index in [0.29, 0.717) is 10.9 Å². The summed E-state index contributed by atoms with van der Waals surface area (Å²) >= 11 is 6.97. The van der Waals surface area contributed by atoms with Gasteiger partial charge in [0.05, 0.1) is 13.5 Å². The molecule has 2 aromatic rings. The van der Waals surface area contributed by atoms with Gasteiger partial charge in [-0.25, -0.2) is 4.39 Å². The van der Waals surface area contributed by atoms with Crippen LogP contribution in [0.2, 0.25) is 0 Å². The molecule has 2 rings (SSSR count). The third kappa shape index (κ3) is 3.49. The fourth-order valence-electron chi connectivity index (χ4n) is 1.51. The van der Waals surface area contributed by atoms with Gasteiger partial charge in [-0.2, -0.15) is 0 Å². The van der Waals surface area contributed by atoms with Gasteiger partial charge in [0.25, 0.3) is 0 Å². The van der Waals surface area contributed by atoms with Gasteiger partial charge in [-0.15, -0.1) is 11.3 Å². The summed E-state index contributed by atoms with van der Waals surface area (Å²) < 4.78 is 14.6. The standard InChI is InChI=1S/C12H9BrFIOS/c13-9-3-7(1-2-10(9)14)4-11(16)8-5-12(15)17-6-8/h1-3,5-6,11,16H,4H2. The maximum Gasteiger partial charge on any atom is 0.137 e. The molecular formula is C12H9BrFIOS. The first-order chi connectivity index (χ1) is 8.06. The second-order valence-corrected chi connectivity index (χ2v) is 7.31. The van der Waals surface area contributed by atoms with Crippen LogP contribution in [0.1, 0.15) is 17.2 Å². The van der Waals surface area contributed by atoms with Crippen LogP contribution in [0.3, 0.4) is 0 Å². The highest BCUT2D eigenvalue weighted by atomic mass is 127. The largest absolute Gasteiger partial charge is 0.388 e. The Hall–Kier alpha value is 0.0200. The second-order valence-electron chi connectivity index (χ2n) is 3.65. The highest BCUT2D eigenvalue weighted by Gasteiger charge is 2.11. The lowest BCUT2D eigenvalue weighted by Gasteiger charge is -2.09. The maximum absolute atomic E-state index is 13.1. The molecular weight excluding hydrogens is 418 g/mol. The Morgan fingerprint density at radius 2 is 2.18 bits per heavy atom. The molecule has 0 aliphatic rings. The summed E-state index contributed by atoms with van der Waals surface area (Å²) in [7, 11) is 0. The third-order valence-electron chi connectivity index (χ3n) is 2.39. The summed E-state index contributed by atoms with van der Waals surface area (Å²) in [6.07, 6.45) is -0.0433. The lowest BCUT2D eigenvalue weighted by Crippen LogP contribution is -2.00. The number of benzene rings is 1. The van der Waals surface area contributed by atoms with Gasteiger partial charge in [0.15, 0.2) is 0 Å². The Bertz CT molecular complexity index is 529. The van der Waals surface area contributed by atoms with Gasteiger partial charge >= 0.3 is 0 Å². The van der Waals surface area contributed by atoms with Gasteiger partial charge in [0.2, 0.25) is 0 Å². The lowest BCUT2D eigenvalue weighted by atomic mass is 10.0. The predicted octanol–water partition coefficient (Wildman–Crippen LogP) is 4.53. The first kappa shape index (κ1) is 13.5. The molecule has 0 saturated carbocycles. The zero-order valence-electron chi connectivity index (χ0n) is 8.66. The fraction of sp³-hybridized carbons (Fsp3) is 0.167. The second kappa shape index (κ2) is 5.77. The van der Waals surface area contributed by atoms with E-state index in [1.54, 1.807) is 23.5 Å². The monoisotopic (exact) mass is 426 g/mol. The molecule has 0 amide bonds. The van der Waals surface area contributed by atoms with Crippen LogP contribution in [-0.2, 0) is 6.42 Å². The summed E-state index contributed by atoms with van der Waals surface area (Å²) in [6.45, 7) is 0. The highest BCUT2D eigenvalue weighted by molar-refractivity contribution is 14.1. The van der Waals surface area contributed by atoms with Crippen LogP contribution in [0.4, 0.5) is 4.39 Å². The average molecular weight is 427 g/mol. The maximum atomic E-state index is 13.1. The Kier molecular flexibility index (Phi) is 4.57. The fourth-order valence-corrected chi connectivity index (χ4v) is 3.35. The zero-order valence-corrected chi connectivity index (χ0v) is 13.2. The molecule has 0 saturated heterocycles. The minimum absolute atomic E-state index is 0.284. The molecule has 5 heteroatoms. The SMILES string of the molecule is OC(Cc1ccc(F)c(Br)c1)c1csc(I)c1. The van der Waals surface area contributed by atoms with Gasteiger partial charge in [0, 0.05) is 6.42 Å². The summed E-state index contributed by atoms with van der Waals surface area (Å²) in [4.78, 5) is 0. The Balaban J connectivity index is 2.12. The first-order valence-corrected chi connectivity index (χ1v) is 7.67. The first-order valence-electron chi connectivity index (χ1n) is 4.92.